The lowest BCUT2D eigenvalue weighted by atomic mass is 9.73. The van der Waals surface area contributed by atoms with Crippen molar-refractivity contribution in [3.05, 3.63) is 30.3 Å². The maximum atomic E-state index is 3.65. The summed E-state index contributed by atoms with van der Waals surface area (Å²) in [4.78, 5) is 5.36. The molecule has 2 atom stereocenters. The van der Waals surface area contributed by atoms with Gasteiger partial charge in [0.15, 0.2) is 0 Å². The van der Waals surface area contributed by atoms with Crippen LogP contribution in [0.2, 0.25) is 0 Å². The Kier molecular flexibility index (Phi) is 3.87. The largest absolute Gasteiger partial charge is 0.369 e. The van der Waals surface area contributed by atoms with E-state index in [4.69, 9.17) is 0 Å². The van der Waals surface area contributed by atoms with Crippen LogP contribution in [0, 0.1) is 11.8 Å². The second-order valence-electron chi connectivity index (χ2n) is 6.96. The van der Waals surface area contributed by atoms with E-state index >= 15 is 0 Å². The summed E-state index contributed by atoms with van der Waals surface area (Å²) in [6.07, 6.45) is 4.33. The molecule has 2 aliphatic heterocycles. The van der Waals surface area contributed by atoms with Crippen LogP contribution in [0.4, 0.5) is 5.69 Å². The fraction of sp³-hybridized carbons (Fsp3) is 0.667. The molecule has 2 saturated heterocycles. The number of hydrogen-bond donors (Lipinski definition) is 1. The summed E-state index contributed by atoms with van der Waals surface area (Å²) in [6, 6.07) is 11.8. The maximum absolute atomic E-state index is 3.65. The van der Waals surface area contributed by atoms with Crippen LogP contribution in [0.3, 0.4) is 0 Å². The minimum absolute atomic E-state index is 0.859. The molecular weight excluding hydrogens is 258 g/mol. The zero-order valence-electron chi connectivity index (χ0n) is 12.9. The summed E-state index contributed by atoms with van der Waals surface area (Å²) in [7, 11) is 0. The number of piperidine rings is 1. The molecule has 3 nitrogen and oxygen atoms in total. The van der Waals surface area contributed by atoms with Crippen molar-refractivity contribution in [3.63, 3.8) is 0 Å². The van der Waals surface area contributed by atoms with E-state index in [9.17, 15) is 0 Å². The zero-order valence-corrected chi connectivity index (χ0v) is 12.9. The van der Waals surface area contributed by atoms with Crippen LogP contribution in [0.5, 0.6) is 0 Å². The molecule has 2 heterocycles. The van der Waals surface area contributed by atoms with E-state index in [0.717, 1.165) is 17.9 Å². The summed E-state index contributed by atoms with van der Waals surface area (Å²) >= 11 is 0. The second kappa shape index (κ2) is 5.98. The van der Waals surface area contributed by atoms with Crippen molar-refractivity contribution in [1.29, 1.82) is 0 Å². The average molecular weight is 285 g/mol. The minimum Gasteiger partial charge on any atom is -0.369 e. The first-order valence-corrected chi connectivity index (χ1v) is 8.66. The molecule has 4 rings (SSSR count). The Labute approximate surface area is 128 Å². The number of nitrogens with zero attached hydrogens (tertiary/aromatic N) is 2. The van der Waals surface area contributed by atoms with Gasteiger partial charge in [0.2, 0.25) is 0 Å². The van der Waals surface area contributed by atoms with E-state index in [1.807, 2.05) is 0 Å². The Morgan fingerprint density at radius 3 is 2.19 bits per heavy atom. The molecule has 1 aliphatic carbocycles. The van der Waals surface area contributed by atoms with Crippen LogP contribution in [0.1, 0.15) is 19.3 Å². The van der Waals surface area contributed by atoms with Crippen LogP contribution in [-0.4, -0.2) is 50.2 Å². The van der Waals surface area contributed by atoms with Gasteiger partial charge in [0.25, 0.3) is 0 Å². The van der Waals surface area contributed by atoms with Crippen molar-refractivity contribution in [2.75, 3.05) is 44.2 Å². The Hall–Kier alpha value is -1.06. The van der Waals surface area contributed by atoms with Crippen LogP contribution < -0.4 is 10.2 Å². The number of rotatable bonds is 2. The number of anilines is 1. The standard InChI is InChI=1S/C18H27N3/c1-2-7-17(8-3-1)20-9-11-21(12-10-20)18-15-5-4-6-16(18)14-19-13-15/h1-3,7-8,15-16,18-19H,4-6,9-14H2. The number of piperazine rings is 1. The maximum Gasteiger partial charge on any atom is 0.0367 e. The number of fused-ring (bicyclic) bond motifs is 2. The summed E-state index contributed by atoms with van der Waals surface area (Å²) in [5.41, 5.74) is 1.39. The van der Waals surface area contributed by atoms with Crippen LogP contribution in [0.25, 0.3) is 0 Å². The van der Waals surface area contributed by atoms with Crippen molar-refractivity contribution in [2.24, 2.45) is 11.8 Å². The molecular formula is C18H27N3. The van der Waals surface area contributed by atoms with Gasteiger partial charge in [-0.25, -0.2) is 0 Å². The molecule has 2 bridgehead atoms. The van der Waals surface area contributed by atoms with Gasteiger partial charge in [0.05, 0.1) is 0 Å². The average Bonchev–Trinajstić information content (AvgIpc) is 2.55. The van der Waals surface area contributed by atoms with Crippen molar-refractivity contribution in [2.45, 2.75) is 25.3 Å². The minimum atomic E-state index is 0.859. The normalized spacial score (nSPS) is 33.9. The van der Waals surface area contributed by atoms with Crippen LogP contribution in [-0.2, 0) is 0 Å². The SMILES string of the molecule is c1ccc(N2CCN(C3C4CCCC3CNC4)CC2)cc1. The third-order valence-electron chi connectivity index (χ3n) is 5.79. The van der Waals surface area contributed by atoms with Crippen LogP contribution >= 0.6 is 0 Å². The van der Waals surface area contributed by atoms with Gasteiger partial charge in [0, 0.05) is 37.9 Å². The lowest BCUT2D eigenvalue weighted by molar-refractivity contribution is 0.0283. The van der Waals surface area contributed by atoms with Gasteiger partial charge in [-0.3, -0.25) is 4.90 Å². The van der Waals surface area contributed by atoms with Crippen molar-refractivity contribution in [3.8, 4) is 0 Å². The van der Waals surface area contributed by atoms with E-state index in [0.29, 0.717) is 0 Å². The molecule has 3 aliphatic rings. The third kappa shape index (κ3) is 2.69. The van der Waals surface area contributed by atoms with E-state index < -0.39 is 0 Å². The first-order chi connectivity index (χ1) is 10.4. The van der Waals surface area contributed by atoms with Gasteiger partial charge in [-0.1, -0.05) is 24.6 Å². The highest BCUT2D eigenvalue weighted by atomic mass is 15.3. The summed E-state index contributed by atoms with van der Waals surface area (Å²) in [5.74, 6) is 1.81. The highest BCUT2D eigenvalue weighted by Gasteiger charge is 2.40. The van der Waals surface area contributed by atoms with E-state index in [2.05, 4.69) is 45.4 Å². The van der Waals surface area contributed by atoms with Crippen molar-refractivity contribution >= 4 is 5.69 Å². The Bertz CT molecular complexity index is 431. The molecule has 1 N–H and O–H groups in total. The summed E-state index contributed by atoms with van der Waals surface area (Å²) < 4.78 is 0. The molecule has 1 aromatic rings. The van der Waals surface area contributed by atoms with E-state index in [-0.39, 0.29) is 0 Å². The van der Waals surface area contributed by atoms with Gasteiger partial charge in [-0.05, 0) is 49.9 Å². The number of benzene rings is 1. The van der Waals surface area contributed by atoms with Gasteiger partial charge < -0.3 is 10.2 Å². The Morgan fingerprint density at radius 1 is 0.857 bits per heavy atom. The van der Waals surface area contributed by atoms with Crippen molar-refractivity contribution in [1.82, 2.24) is 10.2 Å². The molecule has 3 heteroatoms. The lowest BCUT2D eigenvalue weighted by Gasteiger charge is -2.51. The van der Waals surface area contributed by atoms with Gasteiger partial charge in [-0.15, -0.1) is 0 Å². The fourth-order valence-corrected chi connectivity index (χ4v) is 4.78. The Balaban J connectivity index is 1.41. The smallest absolute Gasteiger partial charge is 0.0367 e. The predicted octanol–water partition coefficient (Wildman–Crippen LogP) is 2.20. The topological polar surface area (TPSA) is 18.5 Å². The monoisotopic (exact) mass is 285 g/mol. The van der Waals surface area contributed by atoms with Crippen LogP contribution in [0.15, 0.2) is 30.3 Å². The highest BCUT2D eigenvalue weighted by Crippen LogP contribution is 2.35. The molecule has 1 saturated carbocycles. The Morgan fingerprint density at radius 2 is 1.52 bits per heavy atom. The van der Waals surface area contributed by atoms with Crippen molar-refractivity contribution < 1.29 is 0 Å². The lowest BCUT2D eigenvalue weighted by Crippen LogP contribution is -2.61. The molecule has 1 aromatic carbocycles. The summed E-state index contributed by atoms with van der Waals surface area (Å²) in [5, 5.41) is 3.65. The molecule has 0 radical (unpaired) electrons. The highest BCUT2D eigenvalue weighted by molar-refractivity contribution is 5.46. The van der Waals surface area contributed by atoms with Gasteiger partial charge in [0.1, 0.15) is 0 Å². The van der Waals surface area contributed by atoms with Gasteiger partial charge in [-0.2, -0.15) is 0 Å². The molecule has 0 spiro atoms. The van der Waals surface area contributed by atoms with E-state index in [1.165, 1.54) is 64.2 Å². The molecule has 0 amide bonds. The quantitative estimate of drug-likeness (QED) is 0.899. The molecule has 114 valence electrons. The van der Waals surface area contributed by atoms with Gasteiger partial charge >= 0.3 is 0 Å². The molecule has 2 unspecified atom stereocenters. The molecule has 3 fully saturated rings. The number of nitrogens with one attached hydrogen (secondary N) is 1. The first-order valence-electron chi connectivity index (χ1n) is 8.66. The second-order valence-corrected chi connectivity index (χ2v) is 6.96. The fourth-order valence-electron chi connectivity index (χ4n) is 4.78. The van der Waals surface area contributed by atoms with E-state index in [1.54, 1.807) is 0 Å². The number of hydrogen-bond acceptors (Lipinski definition) is 3. The third-order valence-corrected chi connectivity index (χ3v) is 5.79. The first kappa shape index (κ1) is 13.6. The zero-order chi connectivity index (χ0) is 14.1. The predicted molar refractivity (Wildman–Crippen MR) is 87.7 cm³/mol. The number of para-hydroxylation sites is 1. The molecule has 0 aromatic heterocycles. The molecule has 21 heavy (non-hydrogen) atoms. The summed E-state index contributed by atoms with van der Waals surface area (Å²) in [6.45, 7) is 7.36.